The van der Waals surface area contributed by atoms with Crippen LogP contribution in [0.3, 0.4) is 0 Å². The van der Waals surface area contributed by atoms with Crippen molar-refractivity contribution in [3.63, 3.8) is 0 Å². The number of imidazole rings is 1. The molecule has 1 aromatic carbocycles. The molecule has 0 fully saturated rings. The van der Waals surface area contributed by atoms with Gasteiger partial charge in [-0.3, -0.25) is 14.6 Å². The van der Waals surface area contributed by atoms with E-state index in [-0.39, 0.29) is 20.6 Å². The van der Waals surface area contributed by atoms with E-state index in [1.165, 1.54) is 18.2 Å². The van der Waals surface area contributed by atoms with E-state index < -0.39 is 15.9 Å². The molecular formula is C15H12Cl2N4O3S. The van der Waals surface area contributed by atoms with Gasteiger partial charge in [-0.2, -0.15) is 0 Å². The fourth-order valence-electron chi connectivity index (χ4n) is 2.30. The molecule has 10 heteroatoms. The van der Waals surface area contributed by atoms with E-state index in [0.29, 0.717) is 11.3 Å². The molecule has 1 amide bonds. The predicted molar refractivity (Wildman–Crippen MR) is 94.2 cm³/mol. The van der Waals surface area contributed by atoms with Crippen molar-refractivity contribution in [1.82, 2.24) is 19.6 Å². The summed E-state index contributed by atoms with van der Waals surface area (Å²) in [7, 11) is -4.04. The lowest BCUT2D eigenvalue weighted by molar-refractivity contribution is 0.0938. The van der Waals surface area contributed by atoms with Crippen LogP contribution in [0, 0.1) is 6.92 Å². The van der Waals surface area contributed by atoms with Crippen LogP contribution in [0.2, 0.25) is 10.0 Å². The van der Waals surface area contributed by atoms with Gasteiger partial charge in [-0.15, -0.1) is 4.83 Å². The fourth-order valence-corrected chi connectivity index (χ4v) is 3.87. The smallest absolute Gasteiger partial charge is 0.285 e. The molecule has 0 spiro atoms. The Labute approximate surface area is 153 Å². The van der Waals surface area contributed by atoms with E-state index in [4.69, 9.17) is 23.2 Å². The SMILES string of the molecule is Cc1nc2ccccn2c1C(=O)NNS(=O)(=O)c1cc(Cl)cc(Cl)c1. The van der Waals surface area contributed by atoms with Crippen LogP contribution in [0.1, 0.15) is 16.2 Å². The quantitative estimate of drug-likeness (QED) is 0.660. The van der Waals surface area contributed by atoms with Gasteiger partial charge in [-0.05, 0) is 37.3 Å². The number of carbonyl (C=O) groups excluding carboxylic acids is 1. The highest BCUT2D eigenvalue weighted by molar-refractivity contribution is 7.89. The minimum atomic E-state index is -4.04. The number of aromatic nitrogens is 2. The number of benzene rings is 1. The normalized spacial score (nSPS) is 11.6. The third-order valence-electron chi connectivity index (χ3n) is 3.36. The Bertz CT molecular complexity index is 1060. The third kappa shape index (κ3) is 3.62. The largest absolute Gasteiger partial charge is 0.295 e. The summed E-state index contributed by atoms with van der Waals surface area (Å²) >= 11 is 11.6. The lowest BCUT2D eigenvalue weighted by atomic mass is 10.3. The van der Waals surface area contributed by atoms with Crippen molar-refractivity contribution in [2.24, 2.45) is 0 Å². The number of carbonyl (C=O) groups is 1. The summed E-state index contributed by atoms with van der Waals surface area (Å²) in [6.45, 7) is 1.66. The molecule has 130 valence electrons. The molecule has 3 rings (SSSR count). The van der Waals surface area contributed by atoms with Crippen molar-refractivity contribution in [3.8, 4) is 0 Å². The first-order valence-electron chi connectivity index (χ1n) is 7.00. The van der Waals surface area contributed by atoms with E-state index >= 15 is 0 Å². The van der Waals surface area contributed by atoms with Crippen LogP contribution in [0.4, 0.5) is 0 Å². The van der Waals surface area contributed by atoms with E-state index in [2.05, 4.69) is 10.4 Å². The van der Waals surface area contributed by atoms with Gasteiger partial charge in [0.1, 0.15) is 11.3 Å². The van der Waals surface area contributed by atoms with Gasteiger partial charge in [-0.25, -0.2) is 13.4 Å². The van der Waals surface area contributed by atoms with Crippen LogP contribution in [0.15, 0.2) is 47.5 Å². The van der Waals surface area contributed by atoms with Gasteiger partial charge in [0.2, 0.25) is 0 Å². The number of halogens is 2. The maximum absolute atomic E-state index is 12.4. The number of hydrogen-bond acceptors (Lipinski definition) is 4. The highest BCUT2D eigenvalue weighted by atomic mass is 35.5. The number of pyridine rings is 1. The number of fused-ring (bicyclic) bond motifs is 1. The molecule has 0 saturated carbocycles. The van der Waals surface area contributed by atoms with Crippen LogP contribution in [-0.2, 0) is 10.0 Å². The number of amides is 1. The molecule has 0 saturated heterocycles. The van der Waals surface area contributed by atoms with Crippen LogP contribution in [-0.4, -0.2) is 23.7 Å². The summed E-state index contributed by atoms with van der Waals surface area (Å²) in [5, 5.41) is 0.327. The van der Waals surface area contributed by atoms with Gasteiger partial charge in [0.25, 0.3) is 15.9 Å². The minimum absolute atomic E-state index is 0.164. The molecule has 0 bridgehead atoms. The number of rotatable bonds is 4. The predicted octanol–water partition coefficient (Wildman–Crippen LogP) is 2.57. The van der Waals surface area contributed by atoms with Crippen molar-refractivity contribution in [2.75, 3.05) is 0 Å². The summed E-state index contributed by atoms with van der Waals surface area (Å²) in [5.74, 6) is -0.645. The molecule has 7 nitrogen and oxygen atoms in total. The Kier molecular flexibility index (Phi) is 4.70. The van der Waals surface area contributed by atoms with Gasteiger partial charge < -0.3 is 0 Å². The summed E-state index contributed by atoms with van der Waals surface area (Å²) in [6, 6.07) is 9.12. The Morgan fingerprint density at radius 3 is 2.52 bits per heavy atom. The molecule has 2 N–H and O–H groups in total. The molecule has 0 radical (unpaired) electrons. The van der Waals surface area contributed by atoms with Gasteiger partial charge in [0.15, 0.2) is 0 Å². The summed E-state index contributed by atoms with van der Waals surface area (Å²) in [4.78, 5) is 18.5. The summed E-state index contributed by atoms with van der Waals surface area (Å²) in [5.41, 5.74) is 3.44. The number of nitrogens with one attached hydrogen (secondary N) is 2. The molecule has 2 heterocycles. The lowest BCUT2D eigenvalue weighted by Crippen LogP contribution is -2.42. The van der Waals surface area contributed by atoms with Crippen molar-refractivity contribution < 1.29 is 13.2 Å². The molecule has 2 aromatic heterocycles. The number of sulfonamides is 1. The first-order valence-corrected chi connectivity index (χ1v) is 9.24. The van der Waals surface area contributed by atoms with Crippen LogP contribution in [0.5, 0.6) is 0 Å². The molecule has 25 heavy (non-hydrogen) atoms. The van der Waals surface area contributed by atoms with Crippen molar-refractivity contribution in [1.29, 1.82) is 0 Å². The molecular weight excluding hydrogens is 387 g/mol. The minimum Gasteiger partial charge on any atom is -0.295 e. The number of nitrogens with zero attached hydrogens (tertiary/aromatic N) is 2. The average Bonchev–Trinajstić information content (AvgIpc) is 2.87. The number of hydrogen-bond donors (Lipinski definition) is 2. The zero-order valence-corrected chi connectivity index (χ0v) is 15.2. The highest BCUT2D eigenvalue weighted by Gasteiger charge is 2.20. The van der Waals surface area contributed by atoms with Gasteiger partial charge in [0.05, 0.1) is 10.6 Å². The third-order valence-corrected chi connectivity index (χ3v) is 5.03. The van der Waals surface area contributed by atoms with E-state index in [0.717, 1.165) is 0 Å². The molecule has 0 atom stereocenters. The van der Waals surface area contributed by atoms with Gasteiger partial charge in [-0.1, -0.05) is 29.3 Å². The monoisotopic (exact) mass is 398 g/mol. The summed E-state index contributed by atoms with van der Waals surface area (Å²) in [6.07, 6.45) is 1.66. The van der Waals surface area contributed by atoms with Gasteiger partial charge in [0, 0.05) is 16.2 Å². The average molecular weight is 399 g/mol. The molecule has 3 aromatic rings. The second kappa shape index (κ2) is 6.64. The Morgan fingerprint density at radius 2 is 1.84 bits per heavy atom. The zero-order valence-electron chi connectivity index (χ0n) is 12.8. The van der Waals surface area contributed by atoms with Crippen LogP contribution < -0.4 is 10.3 Å². The standard InChI is InChI=1S/C15H12Cl2N4O3S/c1-9-14(21-5-3-2-4-13(21)18-9)15(22)19-20-25(23,24)12-7-10(16)6-11(17)8-12/h2-8,20H,1H3,(H,19,22). The van der Waals surface area contributed by atoms with Gasteiger partial charge >= 0.3 is 0 Å². The van der Waals surface area contributed by atoms with Crippen molar-refractivity contribution >= 4 is 44.8 Å². The topological polar surface area (TPSA) is 92.6 Å². The Morgan fingerprint density at radius 1 is 1.16 bits per heavy atom. The molecule has 0 aliphatic rings. The van der Waals surface area contributed by atoms with Crippen LogP contribution >= 0.6 is 23.2 Å². The molecule has 0 unspecified atom stereocenters. The Hall–Kier alpha value is -2.13. The summed E-state index contributed by atoms with van der Waals surface area (Å²) < 4.78 is 26.2. The molecule has 0 aliphatic carbocycles. The van der Waals surface area contributed by atoms with E-state index in [1.807, 2.05) is 4.83 Å². The van der Waals surface area contributed by atoms with E-state index in [9.17, 15) is 13.2 Å². The zero-order chi connectivity index (χ0) is 18.2. The second-order valence-electron chi connectivity index (χ2n) is 5.14. The van der Waals surface area contributed by atoms with Crippen molar-refractivity contribution in [2.45, 2.75) is 11.8 Å². The highest BCUT2D eigenvalue weighted by Crippen LogP contribution is 2.22. The lowest BCUT2D eigenvalue weighted by Gasteiger charge is -2.09. The number of aryl methyl sites for hydroxylation is 1. The Balaban J connectivity index is 1.85. The van der Waals surface area contributed by atoms with Crippen LogP contribution in [0.25, 0.3) is 5.65 Å². The molecule has 0 aliphatic heterocycles. The van der Waals surface area contributed by atoms with E-state index in [1.54, 1.807) is 35.7 Å². The van der Waals surface area contributed by atoms with Crippen molar-refractivity contribution in [3.05, 3.63) is 64.0 Å². The maximum Gasteiger partial charge on any atom is 0.285 e. The number of hydrazine groups is 1. The first kappa shape index (κ1) is 17.7. The second-order valence-corrected chi connectivity index (χ2v) is 7.69. The maximum atomic E-state index is 12.4. The first-order chi connectivity index (χ1) is 11.8. The fraction of sp³-hybridized carbons (Fsp3) is 0.0667.